The van der Waals surface area contributed by atoms with Gasteiger partial charge in [-0.2, -0.15) is 0 Å². The molecule has 0 unspecified atom stereocenters. The van der Waals surface area contributed by atoms with Crippen LogP contribution in [0.25, 0.3) is 0 Å². The fourth-order valence-electron chi connectivity index (χ4n) is 1.52. The minimum atomic E-state index is -1.09. The number of aromatic hydroxyl groups is 1. The molecule has 1 amide bonds. The predicted octanol–water partition coefficient (Wildman–Crippen LogP) is 2.23. The van der Waals surface area contributed by atoms with Gasteiger partial charge in [0.15, 0.2) is 0 Å². The number of halogens is 1. The second-order valence-electron chi connectivity index (χ2n) is 5.28. The number of carboxylic acids is 1. The average Bonchev–Trinajstić information content (AvgIpc) is 2.27. The van der Waals surface area contributed by atoms with Gasteiger partial charge in [0.05, 0.1) is 3.57 Å². The van der Waals surface area contributed by atoms with E-state index in [0.717, 1.165) is 0 Å². The normalized spacial score (nSPS) is 12.8. The topological polar surface area (TPSA) is 86.6 Å². The number of nitrogens with one attached hydrogen (secondary N) is 1. The molecule has 19 heavy (non-hydrogen) atoms. The zero-order valence-electron chi connectivity index (χ0n) is 10.9. The first-order chi connectivity index (χ1) is 8.62. The van der Waals surface area contributed by atoms with E-state index >= 15 is 0 Å². The van der Waals surface area contributed by atoms with Crippen LogP contribution in [0.15, 0.2) is 18.2 Å². The Labute approximate surface area is 125 Å². The summed E-state index contributed by atoms with van der Waals surface area (Å²) < 4.78 is 0.625. The molecule has 0 radical (unpaired) electrons. The first kappa shape index (κ1) is 15.7. The van der Waals surface area contributed by atoms with Crippen molar-refractivity contribution in [3.63, 3.8) is 0 Å². The smallest absolute Gasteiger partial charge is 0.326 e. The summed E-state index contributed by atoms with van der Waals surface area (Å²) in [5.74, 6) is -1.61. The van der Waals surface area contributed by atoms with E-state index in [1.165, 1.54) is 6.07 Å². The van der Waals surface area contributed by atoms with Crippen molar-refractivity contribution in [2.45, 2.75) is 26.8 Å². The summed E-state index contributed by atoms with van der Waals surface area (Å²) in [6.07, 6.45) is 0. The third kappa shape index (κ3) is 4.09. The maximum absolute atomic E-state index is 12.0. The Morgan fingerprint density at radius 1 is 1.32 bits per heavy atom. The van der Waals surface area contributed by atoms with Gasteiger partial charge in [-0.15, -0.1) is 0 Å². The number of carbonyl (C=O) groups is 2. The highest BCUT2D eigenvalue weighted by molar-refractivity contribution is 14.1. The molecule has 0 bridgehead atoms. The molecule has 0 saturated carbocycles. The number of rotatable bonds is 3. The zero-order chi connectivity index (χ0) is 14.8. The lowest BCUT2D eigenvalue weighted by Crippen LogP contribution is -2.49. The highest BCUT2D eigenvalue weighted by Crippen LogP contribution is 2.22. The molecule has 3 N–H and O–H groups in total. The highest BCUT2D eigenvalue weighted by atomic mass is 127. The van der Waals surface area contributed by atoms with E-state index in [0.29, 0.717) is 3.57 Å². The minimum absolute atomic E-state index is 0.00381. The summed E-state index contributed by atoms with van der Waals surface area (Å²) in [5, 5.41) is 21.2. The zero-order valence-corrected chi connectivity index (χ0v) is 13.1. The lowest BCUT2D eigenvalue weighted by Gasteiger charge is -2.27. The second kappa shape index (κ2) is 5.77. The molecule has 0 fully saturated rings. The number of hydrogen-bond acceptors (Lipinski definition) is 3. The van der Waals surface area contributed by atoms with Crippen LogP contribution in [0.5, 0.6) is 5.75 Å². The molecule has 1 atom stereocenters. The highest BCUT2D eigenvalue weighted by Gasteiger charge is 2.32. The molecule has 0 aliphatic heterocycles. The van der Waals surface area contributed by atoms with Gasteiger partial charge in [-0.3, -0.25) is 4.79 Å². The van der Waals surface area contributed by atoms with E-state index < -0.39 is 23.3 Å². The molecule has 5 nitrogen and oxygen atoms in total. The van der Waals surface area contributed by atoms with Gasteiger partial charge in [0.1, 0.15) is 11.8 Å². The van der Waals surface area contributed by atoms with Crippen molar-refractivity contribution < 1.29 is 19.8 Å². The van der Waals surface area contributed by atoms with Crippen molar-refractivity contribution in [1.29, 1.82) is 0 Å². The first-order valence-electron chi connectivity index (χ1n) is 5.65. The van der Waals surface area contributed by atoms with E-state index in [1.807, 2.05) is 22.6 Å². The quantitative estimate of drug-likeness (QED) is 0.706. The Kier molecular flexibility index (Phi) is 4.78. The molecule has 1 rings (SSSR count). The van der Waals surface area contributed by atoms with Gasteiger partial charge in [0, 0.05) is 5.56 Å². The van der Waals surface area contributed by atoms with Gasteiger partial charge in [-0.1, -0.05) is 20.8 Å². The lowest BCUT2D eigenvalue weighted by molar-refractivity contribution is -0.142. The number of carboxylic acid groups (broad SMARTS) is 1. The molecule has 0 saturated heterocycles. The van der Waals surface area contributed by atoms with Crippen LogP contribution in [0.4, 0.5) is 0 Å². The number of carbonyl (C=O) groups excluding carboxylic acids is 1. The van der Waals surface area contributed by atoms with Gasteiger partial charge in [0.2, 0.25) is 0 Å². The van der Waals surface area contributed by atoms with Gasteiger partial charge in [-0.05, 0) is 46.2 Å². The van der Waals surface area contributed by atoms with Crippen LogP contribution in [0.3, 0.4) is 0 Å². The largest absolute Gasteiger partial charge is 0.507 e. The van der Waals surface area contributed by atoms with E-state index in [2.05, 4.69) is 5.32 Å². The third-order valence-corrected chi connectivity index (χ3v) is 3.51. The SMILES string of the molecule is CC(C)(C)[C@@H](NC(=O)c1ccc(I)c(O)c1)C(=O)O. The summed E-state index contributed by atoms with van der Waals surface area (Å²) in [7, 11) is 0. The van der Waals surface area contributed by atoms with E-state index in [1.54, 1.807) is 32.9 Å². The minimum Gasteiger partial charge on any atom is -0.507 e. The van der Waals surface area contributed by atoms with Gasteiger partial charge in [-0.25, -0.2) is 4.79 Å². The maximum Gasteiger partial charge on any atom is 0.326 e. The fourth-order valence-corrected chi connectivity index (χ4v) is 1.85. The summed E-state index contributed by atoms with van der Waals surface area (Å²) in [5.41, 5.74) is -0.374. The molecule has 0 aliphatic rings. The molecule has 0 heterocycles. The monoisotopic (exact) mass is 377 g/mol. The van der Waals surface area contributed by atoms with E-state index in [9.17, 15) is 14.7 Å². The Hall–Kier alpha value is -1.31. The van der Waals surface area contributed by atoms with E-state index in [4.69, 9.17) is 5.11 Å². The molecule has 1 aromatic rings. The number of amides is 1. The van der Waals surface area contributed by atoms with Crippen LogP contribution >= 0.6 is 22.6 Å². The van der Waals surface area contributed by atoms with Gasteiger partial charge >= 0.3 is 5.97 Å². The molecule has 104 valence electrons. The summed E-state index contributed by atoms with van der Waals surface area (Å²) >= 11 is 1.94. The van der Waals surface area contributed by atoms with Crippen molar-refractivity contribution in [3.05, 3.63) is 27.3 Å². The van der Waals surface area contributed by atoms with Crippen LogP contribution in [0, 0.1) is 8.99 Å². The molecule has 6 heteroatoms. The van der Waals surface area contributed by atoms with Gasteiger partial charge < -0.3 is 15.5 Å². The predicted molar refractivity (Wildman–Crippen MR) is 79.2 cm³/mol. The molecular formula is C13H16INO4. The summed E-state index contributed by atoms with van der Waals surface area (Å²) in [4.78, 5) is 23.2. The molecule has 1 aromatic carbocycles. The fraction of sp³-hybridized carbons (Fsp3) is 0.385. The average molecular weight is 377 g/mol. The van der Waals surface area contributed by atoms with Crippen LogP contribution in [0.2, 0.25) is 0 Å². The number of benzene rings is 1. The summed E-state index contributed by atoms with van der Waals surface area (Å²) in [6.45, 7) is 5.20. The van der Waals surface area contributed by atoms with Crippen molar-refractivity contribution in [2.75, 3.05) is 0 Å². The van der Waals surface area contributed by atoms with Crippen molar-refractivity contribution in [3.8, 4) is 5.75 Å². The van der Waals surface area contributed by atoms with Crippen LogP contribution in [0.1, 0.15) is 31.1 Å². The van der Waals surface area contributed by atoms with E-state index in [-0.39, 0.29) is 11.3 Å². The first-order valence-corrected chi connectivity index (χ1v) is 6.73. The lowest BCUT2D eigenvalue weighted by atomic mass is 9.86. The van der Waals surface area contributed by atoms with Gasteiger partial charge in [0.25, 0.3) is 5.91 Å². The molecule has 0 aliphatic carbocycles. The number of aliphatic carboxylic acids is 1. The second-order valence-corrected chi connectivity index (χ2v) is 6.44. The Morgan fingerprint density at radius 2 is 1.89 bits per heavy atom. The van der Waals surface area contributed by atoms with Crippen LogP contribution < -0.4 is 5.32 Å². The number of phenols is 1. The number of phenolic OH excluding ortho intramolecular Hbond substituents is 1. The van der Waals surface area contributed by atoms with Crippen molar-refractivity contribution >= 4 is 34.5 Å². The third-order valence-electron chi connectivity index (χ3n) is 2.60. The van der Waals surface area contributed by atoms with Crippen molar-refractivity contribution in [1.82, 2.24) is 5.32 Å². The molecule has 0 spiro atoms. The summed E-state index contributed by atoms with van der Waals surface area (Å²) in [6, 6.07) is 3.45. The Bertz CT molecular complexity index is 508. The maximum atomic E-state index is 12.0. The Balaban J connectivity index is 2.94. The van der Waals surface area contributed by atoms with Crippen LogP contribution in [-0.4, -0.2) is 28.1 Å². The van der Waals surface area contributed by atoms with Crippen molar-refractivity contribution in [2.24, 2.45) is 5.41 Å². The number of hydrogen-bond donors (Lipinski definition) is 3. The standard InChI is InChI=1S/C13H16INO4/c1-13(2,3)10(12(18)19)15-11(17)7-4-5-8(14)9(16)6-7/h4-6,10,16H,1-3H3,(H,15,17)(H,18,19)/t10-/m0/s1. The van der Waals surface area contributed by atoms with Crippen LogP contribution in [-0.2, 0) is 4.79 Å². The molecular weight excluding hydrogens is 361 g/mol. The Morgan fingerprint density at radius 3 is 2.32 bits per heavy atom. The molecule has 0 aromatic heterocycles.